The highest BCUT2D eigenvalue weighted by Gasteiger charge is 2.31. The van der Waals surface area contributed by atoms with Crippen LogP contribution in [0.25, 0.3) is 0 Å². The van der Waals surface area contributed by atoms with E-state index in [4.69, 9.17) is 16.6 Å². The monoisotopic (exact) mass is 463 g/mol. The van der Waals surface area contributed by atoms with Gasteiger partial charge in [-0.05, 0) is 31.2 Å². The van der Waals surface area contributed by atoms with Crippen LogP contribution < -0.4 is 27.4 Å². The average molecular weight is 464 g/mol. The van der Waals surface area contributed by atoms with Gasteiger partial charge in [-0.25, -0.2) is 0 Å². The molecule has 1 aromatic rings. The number of nitrogens with two attached hydrogens (primary N) is 2. The van der Waals surface area contributed by atoms with E-state index in [1.165, 1.54) is 6.92 Å². The summed E-state index contributed by atoms with van der Waals surface area (Å²) < 4.78 is 0. The van der Waals surface area contributed by atoms with Gasteiger partial charge in [0.05, 0.1) is 6.04 Å². The lowest BCUT2D eigenvalue weighted by atomic mass is 10.0. The molecule has 182 valence electrons. The highest BCUT2D eigenvalue weighted by Crippen LogP contribution is 2.07. The number of carbonyl (C=O) groups is 5. The fourth-order valence-electron chi connectivity index (χ4n) is 2.95. The lowest BCUT2D eigenvalue weighted by molar-refractivity contribution is -0.142. The number of hydrogen-bond donors (Lipinski definition) is 6. The second kappa shape index (κ2) is 13.2. The standard InChI is InChI=1S/C22H33N5O6/c1-12(2)18(27-19(29)15(23)11-14-7-5-4-6-8-14)21(31)26-16(9-10-17(24)28)20(30)25-13(3)22(32)33/h4-8,12-13,15-16,18H,9-11,23H2,1-3H3,(H2,24,28)(H,25,30)(H,26,31)(H,27,29)(H,32,33). The van der Waals surface area contributed by atoms with Crippen molar-refractivity contribution >= 4 is 29.6 Å². The second-order valence-corrected chi connectivity index (χ2v) is 8.16. The molecule has 4 atom stereocenters. The van der Waals surface area contributed by atoms with Crippen LogP contribution in [0.5, 0.6) is 0 Å². The molecule has 0 saturated carbocycles. The number of carboxylic acids is 1. The van der Waals surface area contributed by atoms with Crippen LogP contribution in [0.3, 0.4) is 0 Å². The van der Waals surface area contributed by atoms with Gasteiger partial charge >= 0.3 is 5.97 Å². The Hall–Kier alpha value is -3.47. The molecular weight excluding hydrogens is 430 g/mol. The van der Waals surface area contributed by atoms with Crippen molar-refractivity contribution in [3.05, 3.63) is 35.9 Å². The average Bonchev–Trinajstić information content (AvgIpc) is 2.74. The van der Waals surface area contributed by atoms with Crippen molar-refractivity contribution < 1.29 is 29.1 Å². The predicted molar refractivity (Wildman–Crippen MR) is 120 cm³/mol. The van der Waals surface area contributed by atoms with Gasteiger partial charge in [0.1, 0.15) is 18.1 Å². The Bertz CT molecular complexity index is 845. The molecule has 11 nitrogen and oxygen atoms in total. The summed E-state index contributed by atoms with van der Waals surface area (Å²) >= 11 is 0. The Morgan fingerprint density at radius 2 is 1.52 bits per heavy atom. The number of carbonyl (C=O) groups excluding carboxylic acids is 4. The first-order valence-electron chi connectivity index (χ1n) is 10.6. The van der Waals surface area contributed by atoms with Gasteiger partial charge in [0.25, 0.3) is 0 Å². The fourth-order valence-corrected chi connectivity index (χ4v) is 2.95. The fraction of sp³-hybridized carbons (Fsp3) is 0.500. The van der Waals surface area contributed by atoms with Gasteiger partial charge in [-0.3, -0.25) is 24.0 Å². The van der Waals surface area contributed by atoms with Crippen molar-refractivity contribution in [2.24, 2.45) is 17.4 Å². The molecule has 0 radical (unpaired) electrons. The summed E-state index contributed by atoms with van der Waals surface area (Å²) in [5.41, 5.74) is 12.0. The molecule has 0 aliphatic rings. The van der Waals surface area contributed by atoms with Crippen LogP contribution in [-0.2, 0) is 30.4 Å². The van der Waals surface area contributed by atoms with E-state index in [0.29, 0.717) is 0 Å². The van der Waals surface area contributed by atoms with Crippen LogP contribution in [0, 0.1) is 5.92 Å². The predicted octanol–water partition coefficient (Wildman–Crippen LogP) is -0.963. The smallest absolute Gasteiger partial charge is 0.325 e. The first-order valence-corrected chi connectivity index (χ1v) is 10.6. The molecule has 0 bridgehead atoms. The third-order valence-corrected chi connectivity index (χ3v) is 4.92. The zero-order valence-corrected chi connectivity index (χ0v) is 19.0. The summed E-state index contributed by atoms with van der Waals surface area (Å²) in [6.07, 6.45) is -0.0676. The number of primary amides is 1. The Kier molecular flexibility index (Phi) is 11.0. The van der Waals surface area contributed by atoms with E-state index in [9.17, 15) is 24.0 Å². The number of aliphatic carboxylic acids is 1. The SMILES string of the molecule is CC(NC(=O)C(CCC(N)=O)NC(=O)C(NC(=O)C(N)Cc1ccccc1)C(C)C)C(=O)O. The van der Waals surface area contributed by atoms with E-state index in [-0.39, 0.29) is 25.2 Å². The maximum absolute atomic E-state index is 12.9. The highest BCUT2D eigenvalue weighted by atomic mass is 16.4. The van der Waals surface area contributed by atoms with E-state index in [2.05, 4.69) is 16.0 Å². The molecule has 0 saturated heterocycles. The number of carboxylic acid groups (broad SMARTS) is 1. The Labute approximate surface area is 192 Å². The first kappa shape index (κ1) is 27.6. The summed E-state index contributed by atoms with van der Waals surface area (Å²) in [5.74, 6) is -4.29. The molecule has 4 amide bonds. The van der Waals surface area contributed by atoms with E-state index in [1.54, 1.807) is 13.8 Å². The number of amides is 4. The van der Waals surface area contributed by atoms with E-state index in [1.807, 2.05) is 30.3 Å². The molecule has 0 fully saturated rings. The van der Waals surface area contributed by atoms with Gasteiger partial charge in [-0.15, -0.1) is 0 Å². The molecule has 8 N–H and O–H groups in total. The summed E-state index contributed by atoms with van der Waals surface area (Å²) in [7, 11) is 0. The van der Waals surface area contributed by atoms with E-state index in [0.717, 1.165) is 5.56 Å². The normalized spacial score (nSPS) is 14.5. The van der Waals surface area contributed by atoms with Gasteiger partial charge in [0.2, 0.25) is 23.6 Å². The third-order valence-electron chi connectivity index (χ3n) is 4.92. The highest BCUT2D eigenvalue weighted by molar-refractivity contribution is 5.94. The van der Waals surface area contributed by atoms with Crippen LogP contribution in [0.15, 0.2) is 30.3 Å². The van der Waals surface area contributed by atoms with Crippen molar-refractivity contribution in [3.63, 3.8) is 0 Å². The maximum Gasteiger partial charge on any atom is 0.325 e. The van der Waals surface area contributed by atoms with Crippen LogP contribution in [0.4, 0.5) is 0 Å². The van der Waals surface area contributed by atoms with Crippen LogP contribution >= 0.6 is 0 Å². The maximum atomic E-state index is 12.9. The lowest BCUT2D eigenvalue weighted by Crippen LogP contribution is -2.58. The number of benzene rings is 1. The van der Waals surface area contributed by atoms with Crippen molar-refractivity contribution in [1.29, 1.82) is 0 Å². The molecule has 0 heterocycles. The second-order valence-electron chi connectivity index (χ2n) is 8.16. The molecule has 1 rings (SSSR count). The molecule has 33 heavy (non-hydrogen) atoms. The van der Waals surface area contributed by atoms with Gasteiger partial charge in [0.15, 0.2) is 0 Å². The summed E-state index contributed by atoms with van der Waals surface area (Å²) in [6.45, 7) is 4.68. The van der Waals surface area contributed by atoms with Crippen LogP contribution in [0.1, 0.15) is 39.2 Å². The molecule has 0 aliphatic carbocycles. The van der Waals surface area contributed by atoms with Crippen molar-refractivity contribution in [2.45, 2.75) is 64.2 Å². The molecule has 11 heteroatoms. The van der Waals surface area contributed by atoms with Crippen molar-refractivity contribution in [1.82, 2.24) is 16.0 Å². The minimum Gasteiger partial charge on any atom is -0.480 e. The zero-order valence-electron chi connectivity index (χ0n) is 19.0. The minimum absolute atomic E-state index is 0.133. The van der Waals surface area contributed by atoms with Gasteiger partial charge in [-0.1, -0.05) is 44.2 Å². The van der Waals surface area contributed by atoms with Gasteiger partial charge < -0.3 is 32.5 Å². The Morgan fingerprint density at radius 3 is 2.03 bits per heavy atom. The molecule has 1 aromatic carbocycles. The number of hydrogen-bond acceptors (Lipinski definition) is 6. The summed E-state index contributed by atoms with van der Waals surface area (Å²) in [4.78, 5) is 60.2. The minimum atomic E-state index is -1.26. The molecule has 4 unspecified atom stereocenters. The molecule has 0 aliphatic heterocycles. The van der Waals surface area contributed by atoms with Crippen LogP contribution in [-0.4, -0.2) is 58.9 Å². The molecular formula is C22H33N5O6. The number of rotatable bonds is 13. The lowest BCUT2D eigenvalue weighted by Gasteiger charge is -2.26. The zero-order chi connectivity index (χ0) is 25.1. The van der Waals surface area contributed by atoms with Crippen LogP contribution in [0.2, 0.25) is 0 Å². The van der Waals surface area contributed by atoms with E-state index >= 15 is 0 Å². The van der Waals surface area contributed by atoms with Gasteiger partial charge in [0, 0.05) is 6.42 Å². The first-order chi connectivity index (χ1) is 15.4. The Morgan fingerprint density at radius 1 is 0.909 bits per heavy atom. The molecule has 0 spiro atoms. The van der Waals surface area contributed by atoms with Crippen molar-refractivity contribution in [2.75, 3.05) is 0 Å². The largest absolute Gasteiger partial charge is 0.480 e. The Balaban J connectivity index is 2.88. The summed E-state index contributed by atoms with van der Waals surface area (Å²) in [5, 5.41) is 16.3. The third kappa shape index (κ3) is 9.69. The summed E-state index contributed by atoms with van der Waals surface area (Å²) in [6, 6.07) is 4.83. The van der Waals surface area contributed by atoms with Crippen molar-refractivity contribution in [3.8, 4) is 0 Å². The quantitative estimate of drug-likeness (QED) is 0.217. The molecule has 0 aromatic heterocycles. The topological polar surface area (TPSA) is 194 Å². The van der Waals surface area contributed by atoms with E-state index < -0.39 is 53.8 Å². The van der Waals surface area contributed by atoms with Gasteiger partial charge in [-0.2, -0.15) is 0 Å². The number of nitrogens with one attached hydrogen (secondary N) is 3.